The van der Waals surface area contributed by atoms with Crippen molar-refractivity contribution in [3.05, 3.63) is 59.7 Å². The van der Waals surface area contributed by atoms with Crippen LogP contribution >= 0.6 is 0 Å². The Hall–Kier alpha value is -2.29. The number of nitrogens with two attached hydrogens (primary N) is 1. The highest BCUT2D eigenvalue weighted by atomic mass is 16.1. The molecule has 0 atom stereocenters. The molecule has 0 unspecified atom stereocenters. The number of anilines is 2. The van der Waals surface area contributed by atoms with Crippen LogP contribution in [0.25, 0.3) is 0 Å². The summed E-state index contributed by atoms with van der Waals surface area (Å²) in [7, 11) is 0. The predicted octanol–water partition coefficient (Wildman–Crippen LogP) is 3.53. The standard InChI is InChI=1S/C9H11NO.C7H9N/c1-7-3-5-9(6-4-7)10-8(2)11;1-6-2-4-7(8)5-3-6/h3-6H,1-2H3,(H,10,11);2-5H,8H2,1H3. The van der Waals surface area contributed by atoms with E-state index in [-0.39, 0.29) is 5.91 Å². The Balaban J connectivity index is 0.000000200. The van der Waals surface area contributed by atoms with E-state index >= 15 is 0 Å². The number of carbonyl (C=O) groups excluding carboxylic acids is 1. The molecule has 0 saturated heterocycles. The van der Waals surface area contributed by atoms with E-state index in [0.29, 0.717) is 0 Å². The van der Waals surface area contributed by atoms with Crippen molar-refractivity contribution in [3.8, 4) is 0 Å². The molecule has 3 nitrogen and oxygen atoms in total. The van der Waals surface area contributed by atoms with Crippen LogP contribution < -0.4 is 11.1 Å². The smallest absolute Gasteiger partial charge is 0.221 e. The van der Waals surface area contributed by atoms with Gasteiger partial charge in [-0.05, 0) is 38.1 Å². The fourth-order valence-electron chi connectivity index (χ4n) is 1.41. The van der Waals surface area contributed by atoms with Crippen molar-refractivity contribution in [2.75, 3.05) is 11.1 Å². The molecule has 2 aromatic carbocycles. The number of carbonyl (C=O) groups is 1. The van der Waals surface area contributed by atoms with Gasteiger partial charge in [0.25, 0.3) is 0 Å². The fourth-order valence-corrected chi connectivity index (χ4v) is 1.41. The maximum absolute atomic E-state index is 10.6. The van der Waals surface area contributed by atoms with Crippen molar-refractivity contribution in [2.24, 2.45) is 0 Å². The molecular formula is C16H20N2O. The summed E-state index contributed by atoms with van der Waals surface area (Å²) < 4.78 is 0. The first kappa shape index (κ1) is 14.8. The monoisotopic (exact) mass is 256 g/mol. The van der Waals surface area contributed by atoms with E-state index in [1.165, 1.54) is 18.1 Å². The lowest BCUT2D eigenvalue weighted by molar-refractivity contribution is -0.114. The Morgan fingerprint density at radius 3 is 1.68 bits per heavy atom. The number of aryl methyl sites for hydroxylation is 2. The summed E-state index contributed by atoms with van der Waals surface area (Å²) in [4.78, 5) is 10.6. The lowest BCUT2D eigenvalue weighted by atomic mass is 10.2. The number of benzene rings is 2. The molecule has 0 spiro atoms. The van der Waals surface area contributed by atoms with Gasteiger partial charge in [-0.1, -0.05) is 35.4 Å². The van der Waals surface area contributed by atoms with E-state index in [4.69, 9.17) is 5.73 Å². The topological polar surface area (TPSA) is 55.1 Å². The van der Waals surface area contributed by atoms with E-state index in [0.717, 1.165) is 11.4 Å². The Bertz CT molecular complexity index is 494. The molecule has 100 valence electrons. The second kappa shape index (κ2) is 7.21. The van der Waals surface area contributed by atoms with Crippen LogP contribution in [0.15, 0.2) is 48.5 Å². The minimum Gasteiger partial charge on any atom is -0.399 e. The highest BCUT2D eigenvalue weighted by molar-refractivity contribution is 5.88. The average Bonchev–Trinajstić information content (AvgIpc) is 2.36. The third-order valence-corrected chi connectivity index (χ3v) is 2.45. The SMILES string of the molecule is CC(=O)Nc1ccc(C)cc1.Cc1ccc(N)cc1. The van der Waals surface area contributed by atoms with E-state index in [1.54, 1.807) is 0 Å². The first-order valence-corrected chi connectivity index (χ1v) is 6.14. The number of hydrogen-bond donors (Lipinski definition) is 2. The lowest BCUT2D eigenvalue weighted by Gasteiger charge is -2.00. The van der Waals surface area contributed by atoms with E-state index in [2.05, 4.69) is 5.32 Å². The van der Waals surface area contributed by atoms with Gasteiger partial charge in [0.05, 0.1) is 0 Å². The van der Waals surface area contributed by atoms with Crippen molar-refractivity contribution in [1.29, 1.82) is 0 Å². The third-order valence-electron chi connectivity index (χ3n) is 2.45. The number of hydrogen-bond acceptors (Lipinski definition) is 2. The molecule has 1 amide bonds. The van der Waals surface area contributed by atoms with Crippen LogP contribution in [0, 0.1) is 13.8 Å². The van der Waals surface area contributed by atoms with Crippen LogP contribution in [-0.2, 0) is 4.79 Å². The number of nitrogens with one attached hydrogen (secondary N) is 1. The molecule has 0 radical (unpaired) electrons. The van der Waals surface area contributed by atoms with E-state index < -0.39 is 0 Å². The van der Waals surface area contributed by atoms with Gasteiger partial charge < -0.3 is 11.1 Å². The second-order valence-electron chi connectivity index (χ2n) is 4.46. The molecule has 0 aliphatic heterocycles. The molecule has 3 N–H and O–H groups in total. The molecule has 2 rings (SSSR count). The van der Waals surface area contributed by atoms with Crippen LogP contribution in [0.1, 0.15) is 18.1 Å². The Labute approximate surface area is 114 Å². The zero-order valence-corrected chi connectivity index (χ0v) is 11.6. The van der Waals surface area contributed by atoms with Crippen molar-refractivity contribution in [3.63, 3.8) is 0 Å². The summed E-state index contributed by atoms with van der Waals surface area (Å²) in [6.07, 6.45) is 0. The molecule has 0 heterocycles. The highest BCUT2D eigenvalue weighted by Gasteiger charge is 1.92. The molecule has 0 saturated carbocycles. The molecule has 0 bridgehead atoms. The van der Waals surface area contributed by atoms with Gasteiger partial charge in [-0.3, -0.25) is 4.79 Å². The number of nitrogen functional groups attached to an aromatic ring is 1. The summed E-state index contributed by atoms with van der Waals surface area (Å²) in [5.74, 6) is -0.0335. The van der Waals surface area contributed by atoms with Gasteiger partial charge >= 0.3 is 0 Å². The zero-order valence-electron chi connectivity index (χ0n) is 11.6. The first-order chi connectivity index (χ1) is 8.97. The van der Waals surface area contributed by atoms with Crippen LogP contribution in [0.4, 0.5) is 11.4 Å². The molecule has 3 heteroatoms. The minimum atomic E-state index is -0.0335. The highest BCUT2D eigenvalue weighted by Crippen LogP contribution is 2.07. The summed E-state index contributed by atoms with van der Waals surface area (Å²) in [6, 6.07) is 15.5. The Morgan fingerprint density at radius 2 is 1.32 bits per heavy atom. The van der Waals surface area contributed by atoms with E-state index in [1.807, 2.05) is 62.4 Å². The summed E-state index contributed by atoms with van der Waals surface area (Å²) in [5, 5.41) is 2.69. The van der Waals surface area contributed by atoms with Crippen molar-refractivity contribution in [2.45, 2.75) is 20.8 Å². The lowest BCUT2D eigenvalue weighted by Crippen LogP contribution is -2.05. The Morgan fingerprint density at radius 1 is 0.895 bits per heavy atom. The summed E-state index contributed by atoms with van der Waals surface area (Å²) in [5.41, 5.74) is 9.55. The van der Waals surface area contributed by atoms with Gasteiger partial charge in [-0.15, -0.1) is 0 Å². The summed E-state index contributed by atoms with van der Waals surface area (Å²) >= 11 is 0. The van der Waals surface area contributed by atoms with Gasteiger partial charge in [-0.25, -0.2) is 0 Å². The Kier molecular flexibility index (Phi) is 5.61. The molecule has 0 fully saturated rings. The minimum absolute atomic E-state index is 0.0335. The third kappa shape index (κ3) is 6.27. The van der Waals surface area contributed by atoms with Gasteiger partial charge in [0.2, 0.25) is 5.91 Å². The van der Waals surface area contributed by atoms with Crippen LogP contribution in [0.3, 0.4) is 0 Å². The van der Waals surface area contributed by atoms with Gasteiger partial charge in [0.1, 0.15) is 0 Å². The predicted molar refractivity (Wildman–Crippen MR) is 81.1 cm³/mol. The quantitative estimate of drug-likeness (QED) is 0.767. The largest absolute Gasteiger partial charge is 0.399 e. The van der Waals surface area contributed by atoms with E-state index in [9.17, 15) is 4.79 Å². The van der Waals surface area contributed by atoms with Crippen molar-refractivity contribution < 1.29 is 4.79 Å². The van der Waals surface area contributed by atoms with Crippen LogP contribution in [0.2, 0.25) is 0 Å². The molecule has 0 aliphatic rings. The van der Waals surface area contributed by atoms with Gasteiger partial charge in [0, 0.05) is 18.3 Å². The maximum atomic E-state index is 10.6. The second-order valence-corrected chi connectivity index (χ2v) is 4.46. The fraction of sp³-hybridized carbons (Fsp3) is 0.188. The average molecular weight is 256 g/mol. The van der Waals surface area contributed by atoms with Crippen molar-refractivity contribution >= 4 is 17.3 Å². The zero-order chi connectivity index (χ0) is 14.3. The van der Waals surface area contributed by atoms with Gasteiger partial charge in [-0.2, -0.15) is 0 Å². The molecular weight excluding hydrogens is 236 g/mol. The normalized spacial score (nSPS) is 9.21. The van der Waals surface area contributed by atoms with Gasteiger partial charge in [0.15, 0.2) is 0 Å². The van der Waals surface area contributed by atoms with Crippen molar-refractivity contribution in [1.82, 2.24) is 0 Å². The first-order valence-electron chi connectivity index (χ1n) is 6.14. The van der Waals surface area contributed by atoms with Crippen LogP contribution in [-0.4, -0.2) is 5.91 Å². The molecule has 19 heavy (non-hydrogen) atoms. The molecule has 0 aliphatic carbocycles. The number of rotatable bonds is 1. The number of amides is 1. The summed E-state index contributed by atoms with van der Waals surface area (Å²) in [6.45, 7) is 5.55. The molecule has 0 aromatic heterocycles. The maximum Gasteiger partial charge on any atom is 0.221 e. The van der Waals surface area contributed by atoms with Crippen LogP contribution in [0.5, 0.6) is 0 Å². The molecule has 2 aromatic rings.